The molecule has 6 heteroatoms. The summed E-state index contributed by atoms with van der Waals surface area (Å²) >= 11 is 0. The van der Waals surface area contributed by atoms with Crippen LogP contribution in [0.15, 0.2) is 72.8 Å². The molecule has 0 aromatic heterocycles. The molecule has 1 heterocycles. The van der Waals surface area contributed by atoms with Crippen LogP contribution in [0.5, 0.6) is 11.5 Å². The summed E-state index contributed by atoms with van der Waals surface area (Å²) in [6, 6.07) is 20.6. The van der Waals surface area contributed by atoms with Gasteiger partial charge in [0.15, 0.2) is 11.5 Å². The van der Waals surface area contributed by atoms with Crippen molar-refractivity contribution in [1.29, 1.82) is 0 Å². The number of fused-ring (bicyclic) bond motifs is 1. The van der Waals surface area contributed by atoms with Crippen LogP contribution in [0.2, 0.25) is 0 Å². The van der Waals surface area contributed by atoms with E-state index in [1.807, 2.05) is 60.5 Å². The Kier molecular flexibility index (Phi) is 5.44. The van der Waals surface area contributed by atoms with Crippen molar-refractivity contribution in [3.8, 4) is 11.5 Å². The number of nitrogens with zero attached hydrogens (tertiary/aromatic N) is 1. The molecule has 3 aromatic rings. The van der Waals surface area contributed by atoms with Crippen LogP contribution in [0.25, 0.3) is 0 Å². The number of carbonyl (C=O) groups is 1. The first-order valence-corrected chi connectivity index (χ1v) is 9.30. The quantitative estimate of drug-likeness (QED) is 0.677. The zero-order valence-corrected chi connectivity index (χ0v) is 16.0. The minimum Gasteiger partial charge on any atom is -0.454 e. The minimum absolute atomic E-state index is 0.189. The third-order valence-electron chi connectivity index (χ3n) is 4.79. The molecule has 0 saturated heterocycles. The molecule has 0 saturated carbocycles. The van der Waals surface area contributed by atoms with Gasteiger partial charge in [-0.25, -0.2) is 4.39 Å². The fourth-order valence-corrected chi connectivity index (χ4v) is 3.40. The summed E-state index contributed by atoms with van der Waals surface area (Å²) in [6.45, 7) is 0.758. The Labute approximate surface area is 168 Å². The Bertz CT molecular complexity index is 993. The molecule has 0 fully saturated rings. The minimum atomic E-state index is -0.522. The van der Waals surface area contributed by atoms with Gasteiger partial charge in [-0.15, -0.1) is 0 Å². The van der Waals surface area contributed by atoms with E-state index in [1.54, 1.807) is 12.1 Å². The van der Waals surface area contributed by atoms with Gasteiger partial charge in [0, 0.05) is 12.2 Å². The van der Waals surface area contributed by atoms with Crippen molar-refractivity contribution in [2.45, 2.75) is 12.6 Å². The molecule has 1 atom stereocenters. The lowest BCUT2D eigenvalue weighted by atomic mass is 10.0. The first-order chi connectivity index (χ1) is 14.1. The molecule has 1 N–H and O–H groups in total. The number of benzene rings is 3. The van der Waals surface area contributed by atoms with Crippen LogP contribution in [0.3, 0.4) is 0 Å². The van der Waals surface area contributed by atoms with Crippen molar-refractivity contribution >= 4 is 11.6 Å². The van der Waals surface area contributed by atoms with Crippen molar-refractivity contribution in [2.24, 2.45) is 0 Å². The number of anilines is 1. The van der Waals surface area contributed by atoms with E-state index in [0.29, 0.717) is 18.0 Å². The topological polar surface area (TPSA) is 50.8 Å². The highest BCUT2D eigenvalue weighted by atomic mass is 19.1. The standard InChI is InChI=1S/C23H21FN2O3/c1-26(14-16-7-12-20-21(13-16)29-15-28-20)22(17-5-3-2-4-6-17)23(27)25-19-10-8-18(24)9-11-19/h2-13,22H,14-15H2,1H3,(H,25,27)/t22-/m0/s1. The van der Waals surface area contributed by atoms with E-state index < -0.39 is 6.04 Å². The molecular formula is C23H21FN2O3. The molecule has 148 valence electrons. The second kappa shape index (κ2) is 8.32. The van der Waals surface area contributed by atoms with Crippen LogP contribution >= 0.6 is 0 Å². The summed E-state index contributed by atoms with van der Waals surface area (Å²) in [6.07, 6.45) is 0. The van der Waals surface area contributed by atoms with Gasteiger partial charge in [-0.3, -0.25) is 9.69 Å². The van der Waals surface area contributed by atoms with Crippen molar-refractivity contribution in [3.63, 3.8) is 0 Å². The number of carbonyl (C=O) groups excluding carboxylic acids is 1. The number of nitrogens with one attached hydrogen (secondary N) is 1. The number of amides is 1. The second-order valence-corrected chi connectivity index (χ2v) is 6.91. The summed E-state index contributed by atoms with van der Waals surface area (Å²) in [5.74, 6) is 0.904. The largest absolute Gasteiger partial charge is 0.454 e. The van der Waals surface area contributed by atoms with E-state index in [2.05, 4.69) is 5.32 Å². The number of hydrogen-bond donors (Lipinski definition) is 1. The molecule has 0 unspecified atom stereocenters. The lowest BCUT2D eigenvalue weighted by Crippen LogP contribution is -2.34. The Hall–Kier alpha value is -3.38. The zero-order chi connectivity index (χ0) is 20.2. The van der Waals surface area contributed by atoms with E-state index in [0.717, 1.165) is 16.9 Å². The van der Waals surface area contributed by atoms with E-state index in [4.69, 9.17) is 9.47 Å². The van der Waals surface area contributed by atoms with Crippen LogP contribution in [0.4, 0.5) is 10.1 Å². The van der Waals surface area contributed by atoms with Crippen LogP contribution in [0, 0.1) is 5.82 Å². The first kappa shape index (κ1) is 19.0. The Morgan fingerprint density at radius 1 is 1.03 bits per heavy atom. The van der Waals surface area contributed by atoms with Gasteiger partial charge < -0.3 is 14.8 Å². The monoisotopic (exact) mass is 392 g/mol. The molecule has 0 bridgehead atoms. The first-order valence-electron chi connectivity index (χ1n) is 9.30. The molecule has 0 radical (unpaired) electrons. The molecule has 1 aliphatic heterocycles. The number of halogens is 1. The number of hydrogen-bond acceptors (Lipinski definition) is 4. The van der Waals surface area contributed by atoms with Crippen LogP contribution in [-0.2, 0) is 11.3 Å². The second-order valence-electron chi connectivity index (χ2n) is 6.91. The summed E-state index contributed by atoms with van der Waals surface area (Å²) in [5, 5.41) is 2.88. The highest BCUT2D eigenvalue weighted by Gasteiger charge is 2.26. The Balaban J connectivity index is 1.56. The summed E-state index contributed by atoms with van der Waals surface area (Å²) < 4.78 is 24.0. The van der Waals surface area contributed by atoms with Crippen LogP contribution < -0.4 is 14.8 Å². The van der Waals surface area contributed by atoms with Gasteiger partial charge >= 0.3 is 0 Å². The van der Waals surface area contributed by atoms with Crippen molar-refractivity contribution in [1.82, 2.24) is 4.90 Å². The molecule has 4 rings (SSSR count). The Morgan fingerprint density at radius 2 is 1.76 bits per heavy atom. The van der Waals surface area contributed by atoms with Crippen molar-refractivity contribution < 1.29 is 18.7 Å². The van der Waals surface area contributed by atoms with E-state index >= 15 is 0 Å². The predicted octanol–water partition coefficient (Wildman–Crippen LogP) is 4.37. The lowest BCUT2D eigenvalue weighted by molar-refractivity contribution is -0.121. The Morgan fingerprint density at radius 3 is 2.52 bits per heavy atom. The third kappa shape index (κ3) is 4.38. The molecule has 1 amide bonds. The summed E-state index contributed by atoms with van der Waals surface area (Å²) in [4.78, 5) is 15.1. The molecule has 5 nitrogen and oxygen atoms in total. The SMILES string of the molecule is CN(Cc1ccc2c(c1)OCO2)[C@H](C(=O)Nc1ccc(F)cc1)c1ccccc1. The summed E-state index contributed by atoms with van der Waals surface area (Å²) in [5.41, 5.74) is 2.43. The highest BCUT2D eigenvalue weighted by Crippen LogP contribution is 2.33. The van der Waals surface area contributed by atoms with E-state index in [-0.39, 0.29) is 18.5 Å². The number of likely N-dealkylation sites (N-methyl/N-ethyl adjacent to an activating group) is 1. The van der Waals surface area contributed by atoms with Gasteiger partial charge in [-0.1, -0.05) is 36.4 Å². The molecule has 1 aliphatic rings. The maximum absolute atomic E-state index is 13.2. The molecule has 0 spiro atoms. The van der Waals surface area contributed by atoms with E-state index in [1.165, 1.54) is 12.1 Å². The highest BCUT2D eigenvalue weighted by molar-refractivity contribution is 5.95. The lowest BCUT2D eigenvalue weighted by Gasteiger charge is -2.27. The van der Waals surface area contributed by atoms with Gasteiger partial charge in [-0.2, -0.15) is 0 Å². The van der Waals surface area contributed by atoms with Crippen LogP contribution in [0.1, 0.15) is 17.2 Å². The number of ether oxygens (including phenoxy) is 2. The van der Waals surface area contributed by atoms with Gasteiger partial charge in [0.25, 0.3) is 0 Å². The van der Waals surface area contributed by atoms with Crippen molar-refractivity contribution in [3.05, 3.63) is 89.7 Å². The average molecular weight is 392 g/mol. The van der Waals surface area contributed by atoms with E-state index in [9.17, 15) is 9.18 Å². The smallest absolute Gasteiger partial charge is 0.246 e. The third-order valence-corrected chi connectivity index (χ3v) is 4.79. The van der Waals surface area contributed by atoms with Gasteiger partial charge in [0.1, 0.15) is 11.9 Å². The fraction of sp³-hybridized carbons (Fsp3) is 0.174. The molecular weight excluding hydrogens is 371 g/mol. The molecule has 29 heavy (non-hydrogen) atoms. The summed E-state index contributed by atoms with van der Waals surface area (Å²) in [7, 11) is 1.90. The van der Waals surface area contributed by atoms with Gasteiger partial charge in [-0.05, 0) is 54.6 Å². The number of rotatable bonds is 6. The molecule has 3 aromatic carbocycles. The van der Waals surface area contributed by atoms with Gasteiger partial charge in [0.05, 0.1) is 0 Å². The normalized spacial score (nSPS) is 13.3. The zero-order valence-electron chi connectivity index (χ0n) is 16.0. The molecule has 0 aliphatic carbocycles. The van der Waals surface area contributed by atoms with Crippen LogP contribution in [-0.4, -0.2) is 24.6 Å². The average Bonchev–Trinajstić information content (AvgIpc) is 3.18. The van der Waals surface area contributed by atoms with Crippen molar-refractivity contribution in [2.75, 3.05) is 19.2 Å². The predicted molar refractivity (Wildman–Crippen MR) is 108 cm³/mol. The maximum atomic E-state index is 13.2. The fourth-order valence-electron chi connectivity index (χ4n) is 3.40. The van der Waals surface area contributed by atoms with Gasteiger partial charge in [0.2, 0.25) is 12.7 Å². The maximum Gasteiger partial charge on any atom is 0.246 e.